The van der Waals surface area contributed by atoms with Crippen LogP contribution < -0.4 is 0 Å². The molecule has 2 aromatic rings. The smallest absolute Gasteiger partial charge is 0.195 e. The molecule has 0 unspecified atom stereocenters. The van der Waals surface area contributed by atoms with E-state index in [1.807, 2.05) is 22.8 Å². The molecule has 0 spiro atoms. The van der Waals surface area contributed by atoms with Gasteiger partial charge in [0.25, 0.3) is 0 Å². The number of benzene rings is 1. The molecule has 1 aromatic carbocycles. The predicted octanol–water partition coefficient (Wildman–Crippen LogP) is 4.62. The van der Waals surface area contributed by atoms with E-state index in [9.17, 15) is 0 Å². The number of H-pyrrole nitrogens is 1. The second kappa shape index (κ2) is 4.94. The first kappa shape index (κ1) is 14.0. The van der Waals surface area contributed by atoms with E-state index in [0.717, 1.165) is 15.0 Å². The van der Waals surface area contributed by atoms with E-state index in [4.69, 9.17) is 23.8 Å². The molecule has 3 nitrogen and oxygen atoms in total. The normalized spacial score (nSPS) is 11.8. The molecule has 96 valence electrons. The minimum absolute atomic E-state index is 0.134. The Bertz CT molecular complexity index is 640. The average Bonchev–Trinajstić information content (AvgIpc) is 2.63. The van der Waals surface area contributed by atoms with Gasteiger partial charge in [0.15, 0.2) is 10.6 Å². The second-order valence-electron chi connectivity index (χ2n) is 4.98. The lowest BCUT2D eigenvalue weighted by Crippen LogP contribution is -2.23. The molecule has 1 heterocycles. The number of hydrogen-bond donors (Lipinski definition) is 1. The van der Waals surface area contributed by atoms with Crippen molar-refractivity contribution in [3.8, 4) is 11.4 Å². The first-order valence-electron chi connectivity index (χ1n) is 5.44. The quantitative estimate of drug-likeness (QED) is 0.566. The van der Waals surface area contributed by atoms with Crippen LogP contribution in [0.4, 0.5) is 0 Å². The van der Waals surface area contributed by atoms with Crippen LogP contribution in [0.1, 0.15) is 20.8 Å². The van der Waals surface area contributed by atoms with Gasteiger partial charge >= 0.3 is 0 Å². The topological polar surface area (TPSA) is 33.6 Å². The van der Waals surface area contributed by atoms with Gasteiger partial charge in [-0.25, -0.2) is 0 Å². The van der Waals surface area contributed by atoms with Crippen molar-refractivity contribution in [2.75, 3.05) is 0 Å². The minimum Gasteiger partial charge on any atom is -0.295 e. The number of nitrogens with zero attached hydrogens (tertiary/aromatic N) is 2. The Hall–Kier alpha value is -0.400. The van der Waals surface area contributed by atoms with Crippen molar-refractivity contribution in [1.82, 2.24) is 14.8 Å². The molecule has 0 radical (unpaired) electrons. The highest BCUT2D eigenvalue weighted by Crippen LogP contribution is 2.30. The molecular formula is C12H13ClIN3S. The standard InChI is InChI=1S/C12H13ClIN3S/c1-12(2,3)17-10(15-16-11(17)18)8-6-7(13)4-5-9(8)14/h4-6H,1-3H3,(H,16,18). The molecule has 0 amide bonds. The van der Waals surface area contributed by atoms with E-state index >= 15 is 0 Å². The van der Waals surface area contributed by atoms with Crippen molar-refractivity contribution >= 4 is 46.4 Å². The predicted molar refractivity (Wildman–Crippen MR) is 85.6 cm³/mol. The number of aromatic amines is 1. The van der Waals surface area contributed by atoms with Gasteiger partial charge in [0.1, 0.15) is 0 Å². The Morgan fingerprint density at radius 1 is 1.39 bits per heavy atom. The van der Waals surface area contributed by atoms with Gasteiger partial charge in [-0.05, 0) is 73.8 Å². The first-order chi connectivity index (χ1) is 8.30. The van der Waals surface area contributed by atoms with Crippen molar-refractivity contribution < 1.29 is 0 Å². The zero-order chi connectivity index (χ0) is 13.5. The Morgan fingerprint density at radius 2 is 2.06 bits per heavy atom. The fraction of sp³-hybridized carbons (Fsp3) is 0.333. The molecule has 0 aliphatic heterocycles. The van der Waals surface area contributed by atoms with Gasteiger partial charge in [0.2, 0.25) is 0 Å². The summed E-state index contributed by atoms with van der Waals surface area (Å²) in [5, 5.41) is 7.89. The lowest BCUT2D eigenvalue weighted by Gasteiger charge is -2.22. The maximum absolute atomic E-state index is 6.06. The number of hydrogen-bond acceptors (Lipinski definition) is 2. The van der Waals surface area contributed by atoms with E-state index in [2.05, 4.69) is 53.6 Å². The minimum atomic E-state index is -0.134. The summed E-state index contributed by atoms with van der Waals surface area (Å²) in [7, 11) is 0. The Kier molecular flexibility index (Phi) is 3.85. The third kappa shape index (κ3) is 2.62. The monoisotopic (exact) mass is 393 g/mol. The van der Waals surface area contributed by atoms with E-state index in [-0.39, 0.29) is 5.54 Å². The van der Waals surface area contributed by atoms with Crippen LogP contribution in [0, 0.1) is 8.34 Å². The average molecular weight is 394 g/mol. The summed E-state index contributed by atoms with van der Waals surface area (Å²) >= 11 is 13.6. The molecule has 0 aliphatic carbocycles. The number of nitrogens with one attached hydrogen (secondary N) is 1. The van der Waals surface area contributed by atoms with Crippen LogP contribution in [0.3, 0.4) is 0 Å². The first-order valence-corrected chi connectivity index (χ1v) is 7.30. The lowest BCUT2D eigenvalue weighted by atomic mass is 10.1. The maximum Gasteiger partial charge on any atom is 0.195 e. The van der Waals surface area contributed by atoms with Gasteiger partial charge in [-0.15, -0.1) is 0 Å². The largest absolute Gasteiger partial charge is 0.295 e. The highest BCUT2D eigenvalue weighted by Gasteiger charge is 2.21. The van der Waals surface area contributed by atoms with Crippen molar-refractivity contribution in [2.24, 2.45) is 0 Å². The van der Waals surface area contributed by atoms with Crippen LogP contribution in [0.15, 0.2) is 18.2 Å². The van der Waals surface area contributed by atoms with Crippen molar-refractivity contribution in [3.05, 3.63) is 31.6 Å². The third-order valence-electron chi connectivity index (χ3n) is 2.51. The highest BCUT2D eigenvalue weighted by molar-refractivity contribution is 14.1. The molecule has 0 atom stereocenters. The molecule has 2 rings (SSSR count). The van der Waals surface area contributed by atoms with E-state index in [1.165, 1.54) is 0 Å². The maximum atomic E-state index is 6.06. The van der Waals surface area contributed by atoms with Crippen molar-refractivity contribution in [1.29, 1.82) is 0 Å². The fourth-order valence-electron chi connectivity index (χ4n) is 1.77. The van der Waals surface area contributed by atoms with Gasteiger partial charge in [-0.1, -0.05) is 11.6 Å². The highest BCUT2D eigenvalue weighted by atomic mass is 127. The van der Waals surface area contributed by atoms with Crippen molar-refractivity contribution in [2.45, 2.75) is 26.3 Å². The third-order valence-corrected chi connectivity index (χ3v) is 3.96. The van der Waals surface area contributed by atoms with Crippen LogP contribution in [-0.4, -0.2) is 14.8 Å². The Labute approximate surface area is 130 Å². The molecule has 18 heavy (non-hydrogen) atoms. The van der Waals surface area contributed by atoms with Gasteiger partial charge in [-0.3, -0.25) is 9.67 Å². The number of aromatic nitrogens is 3. The van der Waals surface area contributed by atoms with E-state index < -0.39 is 0 Å². The molecule has 0 saturated carbocycles. The van der Waals surface area contributed by atoms with Crippen LogP contribution in [0.25, 0.3) is 11.4 Å². The lowest BCUT2D eigenvalue weighted by molar-refractivity contribution is 0.395. The number of halogens is 2. The summed E-state index contributed by atoms with van der Waals surface area (Å²) in [6.45, 7) is 6.29. The fourth-order valence-corrected chi connectivity index (χ4v) is 2.92. The molecule has 1 aromatic heterocycles. The Morgan fingerprint density at radius 3 is 2.67 bits per heavy atom. The molecular weight excluding hydrogens is 381 g/mol. The van der Waals surface area contributed by atoms with Gasteiger partial charge in [0, 0.05) is 19.7 Å². The summed E-state index contributed by atoms with van der Waals surface area (Å²) in [6.07, 6.45) is 0. The summed E-state index contributed by atoms with van der Waals surface area (Å²) in [6, 6.07) is 5.76. The van der Waals surface area contributed by atoms with Crippen LogP contribution in [0.2, 0.25) is 5.02 Å². The summed E-state index contributed by atoms with van der Waals surface area (Å²) in [5.74, 6) is 0.819. The van der Waals surface area contributed by atoms with Crippen LogP contribution >= 0.6 is 46.4 Å². The van der Waals surface area contributed by atoms with Gasteiger partial charge in [-0.2, -0.15) is 5.10 Å². The molecule has 6 heteroatoms. The van der Waals surface area contributed by atoms with Gasteiger partial charge < -0.3 is 0 Å². The zero-order valence-corrected chi connectivity index (χ0v) is 14.0. The van der Waals surface area contributed by atoms with E-state index in [1.54, 1.807) is 0 Å². The molecule has 1 N–H and O–H groups in total. The molecule has 0 bridgehead atoms. The number of rotatable bonds is 1. The SMILES string of the molecule is CC(C)(C)n1c(-c2cc(Cl)ccc2I)n[nH]c1=S. The Balaban J connectivity index is 2.73. The second-order valence-corrected chi connectivity index (χ2v) is 6.97. The summed E-state index contributed by atoms with van der Waals surface area (Å²) in [5.41, 5.74) is 0.857. The van der Waals surface area contributed by atoms with Crippen molar-refractivity contribution in [3.63, 3.8) is 0 Å². The summed E-state index contributed by atoms with van der Waals surface area (Å²) in [4.78, 5) is 0. The van der Waals surface area contributed by atoms with Crippen LogP contribution in [-0.2, 0) is 5.54 Å². The summed E-state index contributed by atoms with van der Waals surface area (Å²) < 4.78 is 3.72. The molecule has 0 fully saturated rings. The zero-order valence-electron chi connectivity index (χ0n) is 10.3. The molecule has 0 saturated heterocycles. The van der Waals surface area contributed by atoms with Gasteiger partial charge in [0.05, 0.1) is 0 Å². The molecule has 0 aliphatic rings. The van der Waals surface area contributed by atoms with E-state index in [0.29, 0.717) is 9.79 Å². The van der Waals surface area contributed by atoms with Crippen LogP contribution in [0.5, 0.6) is 0 Å².